The highest BCUT2D eigenvalue weighted by Crippen LogP contribution is 2.44. The molecule has 156 valence electrons. The Morgan fingerprint density at radius 2 is 1.43 bits per heavy atom. The maximum atomic E-state index is 12.3. The number of halogens is 4. The zero-order chi connectivity index (χ0) is 20.0. The third-order valence-corrected chi connectivity index (χ3v) is 6.52. The van der Waals surface area contributed by atoms with Crippen LogP contribution in [-0.2, 0) is 0 Å². The number of hydrogen-bond acceptors (Lipinski definition) is 1. The second kappa shape index (κ2) is 9.80. The van der Waals surface area contributed by atoms with E-state index in [1.165, 1.54) is 50.7 Å². The fourth-order valence-electron chi connectivity index (χ4n) is 5.03. The molecule has 0 unspecified atom stereocenters. The molecule has 0 aliphatic heterocycles. The highest BCUT2D eigenvalue weighted by molar-refractivity contribution is 5.29. The number of rotatable bonds is 6. The van der Waals surface area contributed by atoms with Crippen LogP contribution in [0.3, 0.4) is 0 Å². The van der Waals surface area contributed by atoms with Gasteiger partial charge in [0.1, 0.15) is 5.75 Å². The van der Waals surface area contributed by atoms with Crippen molar-refractivity contribution in [3.8, 4) is 5.75 Å². The minimum atomic E-state index is -4.64. The molecule has 2 aliphatic carbocycles. The summed E-state index contributed by atoms with van der Waals surface area (Å²) in [7, 11) is 0. The predicted molar refractivity (Wildman–Crippen MR) is 103 cm³/mol. The Morgan fingerprint density at radius 3 is 1.96 bits per heavy atom. The molecular formula is C23H30F4O. The molecule has 0 aromatic heterocycles. The predicted octanol–water partition coefficient (Wildman–Crippen LogP) is 7.58. The molecular weight excluding hydrogens is 368 g/mol. The molecule has 1 aromatic rings. The van der Waals surface area contributed by atoms with Crippen LogP contribution in [0.5, 0.6) is 5.75 Å². The van der Waals surface area contributed by atoms with Crippen LogP contribution < -0.4 is 4.74 Å². The van der Waals surface area contributed by atoms with Crippen molar-refractivity contribution < 1.29 is 22.3 Å². The van der Waals surface area contributed by atoms with Crippen LogP contribution in [0.25, 0.3) is 0 Å². The van der Waals surface area contributed by atoms with E-state index in [1.54, 1.807) is 12.1 Å². The van der Waals surface area contributed by atoms with Gasteiger partial charge in [0.15, 0.2) is 0 Å². The fraction of sp³-hybridized carbons (Fsp3) is 0.652. The quantitative estimate of drug-likeness (QED) is 0.354. The first-order valence-electron chi connectivity index (χ1n) is 10.5. The summed E-state index contributed by atoms with van der Waals surface area (Å²) in [5.74, 6) is 2.49. The molecule has 0 atom stereocenters. The molecule has 28 heavy (non-hydrogen) atoms. The Bertz CT molecular complexity index is 606. The van der Waals surface area contributed by atoms with Gasteiger partial charge in [0.25, 0.3) is 0 Å². The lowest BCUT2D eigenvalue weighted by molar-refractivity contribution is -0.274. The van der Waals surface area contributed by atoms with Crippen molar-refractivity contribution in [3.05, 3.63) is 42.0 Å². The lowest BCUT2D eigenvalue weighted by atomic mass is 9.68. The van der Waals surface area contributed by atoms with Gasteiger partial charge in [-0.3, -0.25) is 4.39 Å². The molecule has 2 fully saturated rings. The second-order valence-corrected chi connectivity index (χ2v) is 8.31. The van der Waals surface area contributed by atoms with E-state index < -0.39 is 6.36 Å². The molecule has 3 rings (SSSR count). The Kier molecular flexibility index (Phi) is 7.42. The molecule has 0 spiro atoms. The number of alkyl halides is 4. The van der Waals surface area contributed by atoms with Gasteiger partial charge < -0.3 is 4.74 Å². The minimum absolute atomic E-state index is 0.151. The van der Waals surface area contributed by atoms with Gasteiger partial charge >= 0.3 is 6.36 Å². The van der Waals surface area contributed by atoms with Crippen molar-refractivity contribution in [3.63, 3.8) is 0 Å². The van der Waals surface area contributed by atoms with Crippen molar-refractivity contribution in [1.29, 1.82) is 0 Å². The summed E-state index contributed by atoms with van der Waals surface area (Å²) in [4.78, 5) is 0. The van der Waals surface area contributed by atoms with E-state index in [1.807, 2.05) is 6.08 Å². The lowest BCUT2D eigenvalue weighted by Crippen LogP contribution is -2.25. The lowest BCUT2D eigenvalue weighted by Gasteiger charge is -2.37. The molecule has 0 N–H and O–H groups in total. The van der Waals surface area contributed by atoms with Crippen LogP contribution in [0.2, 0.25) is 0 Å². The number of hydrogen-bond donors (Lipinski definition) is 0. The van der Waals surface area contributed by atoms with Gasteiger partial charge in [-0.1, -0.05) is 24.3 Å². The fourth-order valence-corrected chi connectivity index (χ4v) is 5.03. The van der Waals surface area contributed by atoms with Gasteiger partial charge in [-0.2, -0.15) is 0 Å². The van der Waals surface area contributed by atoms with Crippen LogP contribution in [0.15, 0.2) is 36.4 Å². The molecule has 1 aromatic carbocycles. The van der Waals surface area contributed by atoms with Crippen LogP contribution >= 0.6 is 0 Å². The van der Waals surface area contributed by atoms with Crippen LogP contribution in [0.4, 0.5) is 17.6 Å². The number of allylic oxidation sites excluding steroid dienone is 2. The van der Waals surface area contributed by atoms with Crippen molar-refractivity contribution in [2.75, 3.05) is 6.67 Å². The summed E-state index contributed by atoms with van der Waals surface area (Å²) in [5, 5.41) is 0. The topological polar surface area (TPSA) is 9.23 Å². The molecule has 2 aliphatic rings. The maximum Gasteiger partial charge on any atom is 0.573 e. The van der Waals surface area contributed by atoms with Crippen LogP contribution in [-0.4, -0.2) is 13.0 Å². The van der Waals surface area contributed by atoms with Gasteiger partial charge in [-0.25, -0.2) is 0 Å². The first-order chi connectivity index (χ1) is 13.4. The average molecular weight is 398 g/mol. The molecule has 2 saturated carbocycles. The Hall–Kier alpha value is -1.52. The standard InChI is InChI=1S/C23H30F4O/c24-16-2-1-3-17-4-6-18(7-5-17)19-8-10-20(11-9-19)21-12-14-22(15-13-21)28-23(25,26)27/h1,3,12-15,17-20H,2,4-11,16H2/b3-1+. The van der Waals surface area contributed by atoms with Gasteiger partial charge in [-0.05, 0) is 99.2 Å². The van der Waals surface area contributed by atoms with E-state index >= 15 is 0 Å². The zero-order valence-corrected chi connectivity index (χ0v) is 16.3. The first kappa shape index (κ1) is 21.2. The summed E-state index contributed by atoms with van der Waals surface area (Å²) < 4.78 is 53.0. The van der Waals surface area contributed by atoms with Crippen molar-refractivity contribution in [1.82, 2.24) is 0 Å². The summed E-state index contributed by atoms with van der Waals surface area (Å²) in [6.07, 6.45) is 9.70. The maximum absolute atomic E-state index is 12.3. The molecule has 0 saturated heterocycles. The smallest absolute Gasteiger partial charge is 0.406 e. The van der Waals surface area contributed by atoms with E-state index in [4.69, 9.17) is 0 Å². The third kappa shape index (κ3) is 6.25. The summed E-state index contributed by atoms with van der Waals surface area (Å²) >= 11 is 0. The van der Waals surface area contributed by atoms with E-state index in [9.17, 15) is 17.6 Å². The van der Waals surface area contributed by atoms with E-state index in [-0.39, 0.29) is 12.4 Å². The molecule has 0 amide bonds. The Balaban J connectivity index is 1.43. The second-order valence-electron chi connectivity index (χ2n) is 8.31. The SMILES string of the molecule is FCC/C=C/C1CCC(C2CCC(c3ccc(OC(F)(F)F)cc3)CC2)CC1. The summed E-state index contributed by atoms with van der Waals surface area (Å²) in [6, 6.07) is 6.40. The van der Waals surface area contributed by atoms with Gasteiger partial charge in [0, 0.05) is 0 Å². The van der Waals surface area contributed by atoms with Gasteiger partial charge in [-0.15, -0.1) is 13.2 Å². The van der Waals surface area contributed by atoms with Crippen molar-refractivity contribution in [2.45, 2.75) is 70.1 Å². The van der Waals surface area contributed by atoms with Crippen LogP contribution in [0.1, 0.15) is 69.3 Å². The van der Waals surface area contributed by atoms with Crippen LogP contribution in [0, 0.1) is 17.8 Å². The largest absolute Gasteiger partial charge is 0.573 e. The summed E-state index contributed by atoms with van der Waals surface area (Å²) in [5.41, 5.74) is 1.12. The van der Waals surface area contributed by atoms with E-state index in [0.29, 0.717) is 18.3 Å². The molecule has 0 bridgehead atoms. The molecule has 1 nitrogen and oxygen atoms in total. The third-order valence-electron chi connectivity index (χ3n) is 6.52. The average Bonchev–Trinajstić information content (AvgIpc) is 2.68. The van der Waals surface area contributed by atoms with Crippen molar-refractivity contribution >= 4 is 0 Å². The summed E-state index contributed by atoms with van der Waals surface area (Å²) in [6.45, 7) is -0.271. The van der Waals surface area contributed by atoms with Crippen molar-refractivity contribution in [2.24, 2.45) is 17.8 Å². The normalized spacial score (nSPS) is 29.1. The highest BCUT2D eigenvalue weighted by atomic mass is 19.4. The molecule has 0 heterocycles. The molecule has 0 radical (unpaired) electrons. The monoisotopic (exact) mass is 398 g/mol. The zero-order valence-electron chi connectivity index (χ0n) is 16.3. The Labute approximate surface area is 165 Å². The highest BCUT2D eigenvalue weighted by Gasteiger charge is 2.32. The number of ether oxygens (including phenoxy) is 1. The molecule has 5 heteroatoms. The first-order valence-corrected chi connectivity index (χ1v) is 10.5. The number of benzene rings is 1. The van der Waals surface area contributed by atoms with Gasteiger partial charge in [0.05, 0.1) is 6.67 Å². The van der Waals surface area contributed by atoms with Gasteiger partial charge in [0.2, 0.25) is 0 Å². The Morgan fingerprint density at radius 1 is 0.857 bits per heavy atom. The minimum Gasteiger partial charge on any atom is -0.406 e. The van der Waals surface area contributed by atoms with E-state index in [2.05, 4.69) is 10.8 Å². The van der Waals surface area contributed by atoms with E-state index in [0.717, 1.165) is 30.2 Å².